The van der Waals surface area contributed by atoms with Gasteiger partial charge in [-0.3, -0.25) is 0 Å². The van der Waals surface area contributed by atoms with Crippen LogP contribution in [0.5, 0.6) is 0 Å². The molecule has 1 aliphatic carbocycles. The summed E-state index contributed by atoms with van der Waals surface area (Å²) in [6, 6.07) is 5.35. The molecular formula is C15H21BrFN. The third-order valence-electron chi connectivity index (χ3n) is 3.99. The molecule has 0 radical (unpaired) electrons. The topological polar surface area (TPSA) is 26.0 Å². The summed E-state index contributed by atoms with van der Waals surface area (Å²) in [5.41, 5.74) is 7.32. The van der Waals surface area contributed by atoms with Crippen molar-refractivity contribution in [2.75, 3.05) is 0 Å². The van der Waals surface area contributed by atoms with Gasteiger partial charge in [0.1, 0.15) is 5.82 Å². The maximum Gasteiger partial charge on any atom is 0.137 e. The van der Waals surface area contributed by atoms with E-state index < -0.39 is 0 Å². The molecule has 1 aliphatic rings. The second kappa shape index (κ2) is 6.67. The van der Waals surface area contributed by atoms with E-state index in [1.165, 1.54) is 44.6 Å². The van der Waals surface area contributed by atoms with Gasteiger partial charge < -0.3 is 5.73 Å². The lowest BCUT2D eigenvalue weighted by Gasteiger charge is -2.22. The molecule has 1 nitrogen and oxygen atoms in total. The monoisotopic (exact) mass is 313 g/mol. The Hall–Kier alpha value is -0.410. The van der Waals surface area contributed by atoms with Gasteiger partial charge in [0.2, 0.25) is 0 Å². The Morgan fingerprint density at radius 2 is 1.89 bits per heavy atom. The van der Waals surface area contributed by atoms with Crippen molar-refractivity contribution in [1.82, 2.24) is 0 Å². The van der Waals surface area contributed by atoms with E-state index in [1.54, 1.807) is 6.07 Å². The Morgan fingerprint density at radius 3 is 2.56 bits per heavy atom. The maximum absolute atomic E-state index is 13.4. The first-order valence-electron chi connectivity index (χ1n) is 6.87. The lowest BCUT2D eigenvalue weighted by molar-refractivity contribution is 0.372. The molecule has 100 valence electrons. The number of halogens is 2. The SMILES string of the molecule is NC(Cc1cccc(F)c1Br)C1CCCCCC1. The van der Waals surface area contributed by atoms with Crippen LogP contribution >= 0.6 is 15.9 Å². The Balaban J connectivity index is 2.01. The van der Waals surface area contributed by atoms with Gasteiger partial charge in [0.25, 0.3) is 0 Å². The zero-order valence-corrected chi connectivity index (χ0v) is 12.3. The lowest BCUT2D eigenvalue weighted by Crippen LogP contribution is -2.32. The minimum atomic E-state index is -0.194. The van der Waals surface area contributed by atoms with Crippen LogP contribution in [0, 0.1) is 11.7 Å². The van der Waals surface area contributed by atoms with E-state index in [2.05, 4.69) is 15.9 Å². The molecule has 1 aromatic rings. The smallest absolute Gasteiger partial charge is 0.137 e. The van der Waals surface area contributed by atoms with Crippen molar-refractivity contribution >= 4 is 15.9 Å². The molecule has 0 aliphatic heterocycles. The van der Waals surface area contributed by atoms with Crippen LogP contribution in [0.1, 0.15) is 44.1 Å². The highest BCUT2D eigenvalue weighted by molar-refractivity contribution is 9.10. The highest BCUT2D eigenvalue weighted by Crippen LogP contribution is 2.28. The first kappa shape index (κ1) is 14.0. The van der Waals surface area contributed by atoms with Crippen molar-refractivity contribution in [3.05, 3.63) is 34.1 Å². The van der Waals surface area contributed by atoms with Gasteiger partial charge in [-0.2, -0.15) is 0 Å². The fourth-order valence-electron chi connectivity index (χ4n) is 2.87. The zero-order valence-electron chi connectivity index (χ0n) is 10.7. The van der Waals surface area contributed by atoms with E-state index in [1.807, 2.05) is 6.07 Å². The van der Waals surface area contributed by atoms with Crippen molar-refractivity contribution in [2.24, 2.45) is 11.7 Å². The number of hydrogen-bond acceptors (Lipinski definition) is 1. The van der Waals surface area contributed by atoms with Gasteiger partial charge in [0, 0.05) is 6.04 Å². The van der Waals surface area contributed by atoms with Crippen LogP contribution < -0.4 is 5.73 Å². The van der Waals surface area contributed by atoms with Gasteiger partial charge >= 0.3 is 0 Å². The quantitative estimate of drug-likeness (QED) is 0.821. The largest absolute Gasteiger partial charge is 0.327 e. The average Bonchev–Trinajstić information content (AvgIpc) is 2.63. The van der Waals surface area contributed by atoms with Crippen LogP contribution in [0.25, 0.3) is 0 Å². The Bertz CT molecular complexity index is 386. The molecule has 2 N–H and O–H groups in total. The summed E-state index contributed by atoms with van der Waals surface area (Å²) in [6.07, 6.45) is 8.50. The van der Waals surface area contributed by atoms with Gasteiger partial charge in [-0.05, 0) is 52.7 Å². The van der Waals surface area contributed by atoms with Gasteiger partial charge in [-0.25, -0.2) is 4.39 Å². The van der Waals surface area contributed by atoms with Crippen LogP contribution in [0.4, 0.5) is 4.39 Å². The summed E-state index contributed by atoms with van der Waals surface area (Å²) in [4.78, 5) is 0. The lowest BCUT2D eigenvalue weighted by atomic mass is 9.88. The Labute approximate surface area is 117 Å². The number of nitrogens with two attached hydrogens (primary N) is 1. The third-order valence-corrected chi connectivity index (χ3v) is 4.88. The Kier molecular flexibility index (Phi) is 5.19. The minimum Gasteiger partial charge on any atom is -0.327 e. The molecule has 3 heteroatoms. The van der Waals surface area contributed by atoms with Crippen LogP contribution in [0.3, 0.4) is 0 Å². The van der Waals surface area contributed by atoms with Crippen molar-refractivity contribution in [1.29, 1.82) is 0 Å². The fraction of sp³-hybridized carbons (Fsp3) is 0.600. The number of benzene rings is 1. The predicted octanol–water partition coefficient (Wildman–Crippen LogP) is 4.43. The molecule has 1 aromatic carbocycles. The highest BCUT2D eigenvalue weighted by Gasteiger charge is 2.20. The predicted molar refractivity (Wildman–Crippen MR) is 77.0 cm³/mol. The van der Waals surface area contributed by atoms with E-state index in [4.69, 9.17) is 5.73 Å². The zero-order chi connectivity index (χ0) is 13.0. The average molecular weight is 314 g/mol. The summed E-state index contributed by atoms with van der Waals surface area (Å²) in [6.45, 7) is 0. The van der Waals surface area contributed by atoms with Crippen molar-refractivity contribution in [2.45, 2.75) is 51.0 Å². The van der Waals surface area contributed by atoms with E-state index in [9.17, 15) is 4.39 Å². The molecule has 2 rings (SSSR count). The summed E-state index contributed by atoms with van der Waals surface area (Å²) >= 11 is 3.32. The van der Waals surface area contributed by atoms with Gasteiger partial charge in [0.05, 0.1) is 4.47 Å². The maximum atomic E-state index is 13.4. The highest BCUT2D eigenvalue weighted by atomic mass is 79.9. The molecular weight excluding hydrogens is 293 g/mol. The molecule has 0 bridgehead atoms. The molecule has 0 spiro atoms. The molecule has 0 amide bonds. The summed E-state index contributed by atoms with van der Waals surface area (Å²) in [5.74, 6) is 0.406. The molecule has 18 heavy (non-hydrogen) atoms. The minimum absolute atomic E-state index is 0.154. The molecule has 1 atom stereocenters. The van der Waals surface area contributed by atoms with E-state index >= 15 is 0 Å². The van der Waals surface area contributed by atoms with E-state index in [0.717, 1.165) is 12.0 Å². The summed E-state index contributed by atoms with van der Waals surface area (Å²) in [7, 11) is 0. The standard InChI is InChI=1S/C15H21BrFN/c16-15-12(8-5-9-13(15)17)10-14(18)11-6-3-1-2-4-7-11/h5,8-9,11,14H,1-4,6-7,10,18H2. The molecule has 1 fully saturated rings. The summed E-state index contributed by atoms with van der Waals surface area (Å²) in [5, 5.41) is 0. The van der Waals surface area contributed by atoms with Crippen LogP contribution in [-0.4, -0.2) is 6.04 Å². The first-order valence-corrected chi connectivity index (χ1v) is 7.66. The van der Waals surface area contributed by atoms with Gasteiger partial charge in [0.15, 0.2) is 0 Å². The van der Waals surface area contributed by atoms with Crippen molar-refractivity contribution in [3.63, 3.8) is 0 Å². The molecule has 1 unspecified atom stereocenters. The molecule has 0 heterocycles. The summed E-state index contributed by atoms with van der Waals surface area (Å²) < 4.78 is 14.0. The first-order chi connectivity index (χ1) is 8.68. The Morgan fingerprint density at radius 1 is 1.22 bits per heavy atom. The molecule has 0 saturated heterocycles. The van der Waals surface area contributed by atoms with Crippen LogP contribution in [-0.2, 0) is 6.42 Å². The van der Waals surface area contributed by atoms with Crippen LogP contribution in [0.2, 0.25) is 0 Å². The van der Waals surface area contributed by atoms with E-state index in [0.29, 0.717) is 10.4 Å². The molecule has 0 aromatic heterocycles. The third kappa shape index (κ3) is 3.55. The normalized spacial score (nSPS) is 19.5. The van der Waals surface area contributed by atoms with Crippen molar-refractivity contribution < 1.29 is 4.39 Å². The van der Waals surface area contributed by atoms with Gasteiger partial charge in [-0.1, -0.05) is 37.8 Å². The van der Waals surface area contributed by atoms with Crippen LogP contribution in [0.15, 0.2) is 22.7 Å². The van der Waals surface area contributed by atoms with E-state index in [-0.39, 0.29) is 11.9 Å². The second-order valence-electron chi connectivity index (χ2n) is 5.33. The number of rotatable bonds is 3. The molecule has 1 saturated carbocycles. The number of hydrogen-bond donors (Lipinski definition) is 1. The second-order valence-corrected chi connectivity index (χ2v) is 6.13. The van der Waals surface area contributed by atoms with Gasteiger partial charge in [-0.15, -0.1) is 0 Å². The van der Waals surface area contributed by atoms with Crippen molar-refractivity contribution in [3.8, 4) is 0 Å². The fourth-order valence-corrected chi connectivity index (χ4v) is 3.29.